The highest BCUT2D eigenvalue weighted by Crippen LogP contribution is 2.27. The van der Waals surface area contributed by atoms with Crippen molar-refractivity contribution in [3.05, 3.63) is 59.4 Å². The molecule has 2 aromatic carbocycles. The molecule has 1 heterocycles. The molecule has 3 rings (SSSR count). The first kappa shape index (κ1) is 16.1. The smallest absolute Gasteiger partial charge is 0.131 e. The Morgan fingerprint density at radius 3 is 2.83 bits per heavy atom. The summed E-state index contributed by atoms with van der Waals surface area (Å²) in [5.41, 5.74) is 3.81. The lowest BCUT2D eigenvalue weighted by Crippen LogP contribution is -2.34. The Hall–Kier alpha value is -1.75. The average molecular weight is 314 g/mol. The largest absolute Gasteiger partial charge is 0.378 e. The third-order valence-corrected chi connectivity index (χ3v) is 4.05. The SMILES string of the molecule is CN(C)Cc1ccc(F)c(-c2cccc(C3COCCN3)c2)c1. The first-order chi connectivity index (χ1) is 11.1. The summed E-state index contributed by atoms with van der Waals surface area (Å²) < 4.78 is 19.8. The Morgan fingerprint density at radius 2 is 2.09 bits per heavy atom. The number of hydrogen-bond donors (Lipinski definition) is 1. The second-order valence-corrected chi connectivity index (χ2v) is 6.26. The molecule has 1 aliphatic heterocycles. The summed E-state index contributed by atoms with van der Waals surface area (Å²) in [6.45, 7) is 3.05. The zero-order valence-corrected chi connectivity index (χ0v) is 13.7. The molecule has 1 fully saturated rings. The predicted octanol–water partition coefficient (Wildman–Crippen LogP) is 3.22. The van der Waals surface area contributed by atoms with Crippen LogP contribution in [0.3, 0.4) is 0 Å². The number of morpholine rings is 1. The molecule has 1 N–H and O–H groups in total. The van der Waals surface area contributed by atoms with Gasteiger partial charge in [0.2, 0.25) is 0 Å². The van der Waals surface area contributed by atoms with Crippen LogP contribution in [0.1, 0.15) is 17.2 Å². The highest BCUT2D eigenvalue weighted by molar-refractivity contribution is 5.66. The number of hydrogen-bond acceptors (Lipinski definition) is 3. The first-order valence-electron chi connectivity index (χ1n) is 7.98. The van der Waals surface area contributed by atoms with Gasteiger partial charge in [0.15, 0.2) is 0 Å². The fourth-order valence-electron chi connectivity index (χ4n) is 2.96. The van der Waals surface area contributed by atoms with Crippen molar-refractivity contribution in [3.8, 4) is 11.1 Å². The lowest BCUT2D eigenvalue weighted by molar-refractivity contribution is 0.0769. The monoisotopic (exact) mass is 314 g/mol. The fraction of sp³-hybridized carbons (Fsp3) is 0.368. The minimum Gasteiger partial charge on any atom is -0.378 e. The maximum absolute atomic E-state index is 14.3. The third kappa shape index (κ3) is 3.96. The van der Waals surface area contributed by atoms with Crippen LogP contribution >= 0.6 is 0 Å². The number of rotatable bonds is 4. The highest BCUT2D eigenvalue weighted by atomic mass is 19.1. The van der Waals surface area contributed by atoms with Crippen LogP contribution in [0.5, 0.6) is 0 Å². The summed E-state index contributed by atoms with van der Waals surface area (Å²) in [6.07, 6.45) is 0. The maximum Gasteiger partial charge on any atom is 0.131 e. The summed E-state index contributed by atoms with van der Waals surface area (Å²) in [5.74, 6) is -0.183. The summed E-state index contributed by atoms with van der Waals surface area (Å²) in [6, 6.07) is 13.6. The average Bonchev–Trinajstić information content (AvgIpc) is 2.57. The number of halogens is 1. The minimum atomic E-state index is -0.183. The number of nitrogens with zero attached hydrogens (tertiary/aromatic N) is 1. The van der Waals surface area contributed by atoms with Crippen molar-refractivity contribution in [2.75, 3.05) is 33.9 Å². The predicted molar refractivity (Wildman–Crippen MR) is 90.8 cm³/mol. The van der Waals surface area contributed by atoms with Crippen LogP contribution in [0, 0.1) is 5.82 Å². The Kier molecular flexibility index (Phi) is 5.06. The molecule has 0 spiro atoms. The molecule has 0 aromatic heterocycles. The van der Waals surface area contributed by atoms with Gasteiger partial charge in [-0.15, -0.1) is 0 Å². The molecular weight excluding hydrogens is 291 g/mol. The molecule has 2 aromatic rings. The summed E-state index contributed by atoms with van der Waals surface area (Å²) in [7, 11) is 4.02. The van der Waals surface area contributed by atoms with Crippen LogP contribution in [0.2, 0.25) is 0 Å². The molecule has 122 valence electrons. The molecule has 23 heavy (non-hydrogen) atoms. The standard InChI is InChI=1S/C19H23FN2O/c1-22(2)12-14-6-7-18(20)17(10-14)15-4-3-5-16(11-15)19-13-23-9-8-21-19/h3-7,10-11,19,21H,8-9,12-13H2,1-2H3. The normalized spacial score (nSPS) is 18.3. The molecule has 0 amide bonds. The van der Waals surface area contributed by atoms with E-state index in [2.05, 4.69) is 22.3 Å². The van der Waals surface area contributed by atoms with Crippen LogP contribution in [0.25, 0.3) is 11.1 Å². The lowest BCUT2D eigenvalue weighted by atomic mass is 9.97. The molecule has 1 aliphatic rings. The Bertz CT molecular complexity index is 666. The highest BCUT2D eigenvalue weighted by Gasteiger charge is 2.16. The van der Waals surface area contributed by atoms with Gasteiger partial charge in [0, 0.05) is 18.7 Å². The van der Waals surface area contributed by atoms with Gasteiger partial charge in [0.1, 0.15) is 5.82 Å². The van der Waals surface area contributed by atoms with Crippen LogP contribution in [-0.4, -0.2) is 38.8 Å². The fourth-order valence-corrected chi connectivity index (χ4v) is 2.96. The van der Waals surface area contributed by atoms with E-state index in [-0.39, 0.29) is 11.9 Å². The van der Waals surface area contributed by atoms with Gasteiger partial charge in [0.25, 0.3) is 0 Å². The van der Waals surface area contributed by atoms with E-state index < -0.39 is 0 Å². The minimum absolute atomic E-state index is 0.178. The van der Waals surface area contributed by atoms with Gasteiger partial charge in [-0.05, 0) is 49.0 Å². The van der Waals surface area contributed by atoms with E-state index in [0.717, 1.165) is 36.4 Å². The van der Waals surface area contributed by atoms with E-state index in [1.807, 2.05) is 38.4 Å². The van der Waals surface area contributed by atoms with E-state index >= 15 is 0 Å². The van der Waals surface area contributed by atoms with E-state index in [1.54, 1.807) is 6.07 Å². The molecule has 0 bridgehead atoms. The Morgan fingerprint density at radius 1 is 1.22 bits per heavy atom. The quantitative estimate of drug-likeness (QED) is 0.938. The van der Waals surface area contributed by atoms with Gasteiger partial charge in [-0.2, -0.15) is 0 Å². The van der Waals surface area contributed by atoms with Gasteiger partial charge >= 0.3 is 0 Å². The molecular formula is C19H23FN2O. The van der Waals surface area contributed by atoms with Crippen molar-refractivity contribution < 1.29 is 9.13 Å². The second kappa shape index (κ2) is 7.21. The lowest BCUT2D eigenvalue weighted by Gasteiger charge is -2.24. The van der Waals surface area contributed by atoms with E-state index in [0.29, 0.717) is 12.2 Å². The van der Waals surface area contributed by atoms with Gasteiger partial charge in [-0.1, -0.05) is 24.3 Å². The molecule has 3 nitrogen and oxygen atoms in total. The number of nitrogens with one attached hydrogen (secondary N) is 1. The molecule has 0 radical (unpaired) electrons. The molecule has 0 aliphatic carbocycles. The zero-order chi connectivity index (χ0) is 16.2. The molecule has 1 atom stereocenters. The second-order valence-electron chi connectivity index (χ2n) is 6.26. The van der Waals surface area contributed by atoms with Crippen LogP contribution < -0.4 is 5.32 Å². The van der Waals surface area contributed by atoms with Crippen LogP contribution in [-0.2, 0) is 11.3 Å². The topological polar surface area (TPSA) is 24.5 Å². The molecule has 1 saturated heterocycles. The van der Waals surface area contributed by atoms with Crippen molar-refractivity contribution in [3.63, 3.8) is 0 Å². The molecule has 1 unspecified atom stereocenters. The van der Waals surface area contributed by atoms with Gasteiger partial charge in [0.05, 0.1) is 19.3 Å². The van der Waals surface area contributed by atoms with Crippen LogP contribution in [0.4, 0.5) is 4.39 Å². The summed E-state index contributed by atoms with van der Waals surface area (Å²) in [5, 5.41) is 3.44. The molecule has 4 heteroatoms. The Balaban J connectivity index is 1.91. The Labute approximate surface area is 137 Å². The number of benzene rings is 2. The van der Waals surface area contributed by atoms with E-state index in [9.17, 15) is 4.39 Å². The number of ether oxygens (including phenoxy) is 1. The van der Waals surface area contributed by atoms with Gasteiger partial charge in [-0.3, -0.25) is 0 Å². The maximum atomic E-state index is 14.3. The molecule has 0 saturated carbocycles. The third-order valence-electron chi connectivity index (χ3n) is 4.05. The van der Waals surface area contributed by atoms with Crippen molar-refractivity contribution >= 4 is 0 Å². The summed E-state index contributed by atoms with van der Waals surface area (Å²) in [4.78, 5) is 2.08. The van der Waals surface area contributed by atoms with Crippen molar-refractivity contribution in [1.29, 1.82) is 0 Å². The van der Waals surface area contributed by atoms with Crippen LogP contribution in [0.15, 0.2) is 42.5 Å². The van der Waals surface area contributed by atoms with E-state index in [1.165, 1.54) is 0 Å². The van der Waals surface area contributed by atoms with E-state index in [4.69, 9.17) is 4.74 Å². The van der Waals surface area contributed by atoms with Crippen molar-refractivity contribution in [1.82, 2.24) is 10.2 Å². The zero-order valence-electron chi connectivity index (χ0n) is 13.7. The van der Waals surface area contributed by atoms with Gasteiger partial charge in [-0.25, -0.2) is 4.39 Å². The first-order valence-corrected chi connectivity index (χ1v) is 7.98. The van der Waals surface area contributed by atoms with Crippen molar-refractivity contribution in [2.24, 2.45) is 0 Å². The summed E-state index contributed by atoms with van der Waals surface area (Å²) >= 11 is 0. The van der Waals surface area contributed by atoms with Crippen molar-refractivity contribution in [2.45, 2.75) is 12.6 Å². The van der Waals surface area contributed by atoms with Gasteiger partial charge < -0.3 is 15.0 Å².